The molecule has 1 fully saturated rings. The molecule has 0 aliphatic carbocycles. The van der Waals surface area contributed by atoms with Crippen LogP contribution in [0.5, 0.6) is 0 Å². The van der Waals surface area contributed by atoms with Crippen LogP contribution in [-0.2, 0) is 5.88 Å². The Hall–Kier alpha value is -0.410. The first kappa shape index (κ1) is 13.0. The minimum Gasteiger partial charge on any atom is -0.367 e. The SMILES string of the molecule is CC1(C)CN(c2c(F)cccc2CCl)CCS1. The molecule has 1 saturated heterocycles. The van der Waals surface area contributed by atoms with Crippen LogP contribution in [0.1, 0.15) is 19.4 Å². The number of hydrogen-bond donors (Lipinski definition) is 0. The largest absolute Gasteiger partial charge is 0.367 e. The number of anilines is 1. The summed E-state index contributed by atoms with van der Waals surface area (Å²) in [5.74, 6) is 1.23. The van der Waals surface area contributed by atoms with Gasteiger partial charge in [0.2, 0.25) is 0 Å². The van der Waals surface area contributed by atoms with Crippen LogP contribution in [0.4, 0.5) is 10.1 Å². The van der Waals surface area contributed by atoms with Crippen molar-refractivity contribution in [3.05, 3.63) is 29.6 Å². The predicted molar refractivity (Wildman–Crippen MR) is 74.7 cm³/mol. The third-order valence-corrected chi connectivity index (χ3v) is 4.54. The molecule has 1 aromatic rings. The van der Waals surface area contributed by atoms with E-state index in [0.29, 0.717) is 11.6 Å². The van der Waals surface area contributed by atoms with Crippen molar-refractivity contribution in [3.8, 4) is 0 Å². The molecule has 0 radical (unpaired) electrons. The zero-order valence-corrected chi connectivity index (χ0v) is 11.7. The van der Waals surface area contributed by atoms with Gasteiger partial charge in [-0.3, -0.25) is 0 Å². The Bertz CT molecular complexity index is 408. The van der Waals surface area contributed by atoms with Crippen molar-refractivity contribution in [1.82, 2.24) is 0 Å². The maximum absolute atomic E-state index is 14.0. The number of benzene rings is 1. The summed E-state index contributed by atoms with van der Waals surface area (Å²) in [4.78, 5) is 2.13. The lowest BCUT2D eigenvalue weighted by molar-refractivity contribution is 0.595. The Morgan fingerprint density at radius 3 is 2.88 bits per heavy atom. The van der Waals surface area contributed by atoms with Gasteiger partial charge in [0.05, 0.1) is 5.69 Å². The lowest BCUT2D eigenvalue weighted by Gasteiger charge is -2.39. The molecule has 17 heavy (non-hydrogen) atoms. The summed E-state index contributed by atoms with van der Waals surface area (Å²) in [5.41, 5.74) is 1.57. The van der Waals surface area contributed by atoms with Crippen LogP contribution >= 0.6 is 23.4 Å². The molecule has 1 aromatic carbocycles. The Labute approximate surface area is 111 Å². The van der Waals surface area contributed by atoms with Gasteiger partial charge in [-0.15, -0.1) is 11.6 Å². The van der Waals surface area contributed by atoms with Gasteiger partial charge in [-0.2, -0.15) is 11.8 Å². The van der Waals surface area contributed by atoms with Gasteiger partial charge >= 0.3 is 0 Å². The average molecular weight is 274 g/mol. The maximum atomic E-state index is 14.0. The quantitative estimate of drug-likeness (QED) is 0.752. The summed E-state index contributed by atoms with van der Waals surface area (Å²) in [6.45, 7) is 6.15. The van der Waals surface area contributed by atoms with E-state index in [1.165, 1.54) is 6.07 Å². The monoisotopic (exact) mass is 273 g/mol. The van der Waals surface area contributed by atoms with Crippen LogP contribution in [0.3, 0.4) is 0 Å². The summed E-state index contributed by atoms with van der Waals surface area (Å²) in [6, 6.07) is 5.14. The molecule has 0 unspecified atom stereocenters. The normalized spacial score (nSPS) is 19.4. The Balaban J connectivity index is 2.33. The molecule has 94 valence electrons. The topological polar surface area (TPSA) is 3.24 Å². The van der Waals surface area contributed by atoms with Crippen molar-refractivity contribution >= 4 is 29.1 Å². The maximum Gasteiger partial charge on any atom is 0.146 e. The van der Waals surface area contributed by atoms with Gasteiger partial charge in [0.1, 0.15) is 5.82 Å². The highest BCUT2D eigenvalue weighted by atomic mass is 35.5. The summed E-state index contributed by atoms with van der Waals surface area (Å²) >= 11 is 7.84. The fourth-order valence-corrected chi connectivity index (χ4v) is 3.56. The third-order valence-electron chi connectivity index (χ3n) is 2.96. The van der Waals surface area contributed by atoms with Crippen LogP contribution in [-0.4, -0.2) is 23.6 Å². The van der Waals surface area contributed by atoms with E-state index in [4.69, 9.17) is 11.6 Å². The van der Waals surface area contributed by atoms with E-state index in [-0.39, 0.29) is 10.6 Å². The highest BCUT2D eigenvalue weighted by Crippen LogP contribution is 2.35. The van der Waals surface area contributed by atoms with Crippen LogP contribution < -0.4 is 4.90 Å². The molecule has 0 spiro atoms. The van der Waals surface area contributed by atoms with Crippen molar-refractivity contribution in [2.75, 3.05) is 23.7 Å². The molecule has 1 aliphatic rings. The number of thioether (sulfide) groups is 1. The van der Waals surface area contributed by atoms with Gasteiger partial charge < -0.3 is 4.90 Å². The number of nitrogens with zero attached hydrogens (tertiary/aromatic N) is 1. The second kappa shape index (κ2) is 5.07. The van der Waals surface area contributed by atoms with Crippen molar-refractivity contribution in [2.45, 2.75) is 24.5 Å². The minimum absolute atomic E-state index is 0.161. The molecule has 0 atom stereocenters. The van der Waals surface area contributed by atoms with Gasteiger partial charge in [0.25, 0.3) is 0 Å². The lowest BCUT2D eigenvalue weighted by atomic mass is 10.1. The Morgan fingerprint density at radius 2 is 2.24 bits per heavy atom. The molecule has 0 amide bonds. The average Bonchev–Trinajstić information content (AvgIpc) is 2.27. The molecule has 0 bridgehead atoms. The van der Waals surface area contributed by atoms with Crippen LogP contribution in [0, 0.1) is 5.82 Å². The first-order valence-electron chi connectivity index (χ1n) is 5.76. The standard InChI is InChI=1S/C13H17ClFNS/c1-13(2)9-16(6-7-17-13)12-10(8-14)4-3-5-11(12)15/h3-5H,6-9H2,1-2H3. The zero-order valence-electron chi connectivity index (χ0n) is 10.2. The number of hydrogen-bond acceptors (Lipinski definition) is 2. The summed E-state index contributed by atoms with van der Waals surface area (Å²) < 4.78 is 14.1. The molecule has 1 heterocycles. The highest BCUT2D eigenvalue weighted by molar-refractivity contribution is 8.00. The molecule has 1 aliphatic heterocycles. The summed E-state index contributed by atoms with van der Waals surface area (Å²) in [7, 11) is 0. The first-order valence-corrected chi connectivity index (χ1v) is 7.28. The van der Waals surface area contributed by atoms with E-state index in [1.807, 2.05) is 17.8 Å². The van der Waals surface area contributed by atoms with Gasteiger partial charge in [-0.25, -0.2) is 4.39 Å². The molecule has 0 N–H and O–H groups in total. The van der Waals surface area contributed by atoms with E-state index < -0.39 is 0 Å². The van der Waals surface area contributed by atoms with Crippen molar-refractivity contribution in [3.63, 3.8) is 0 Å². The summed E-state index contributed by atoms with van der Waals surface area (Å²) in [5, 5.41) is 0. The van der Waals surface area contributed by atoms with Gasteiger partial charge in [0, 0.05) is 29.5 Å². The molecule has 1 nitrogen and oxygen atoms in total. The van der Waals surface area contributed by atoms with Gasteiger partial charge in [-0.1, -0.05) is 12.1 Å². The highest BCUT2D eigenvalue weighted by Gasteiger charge is 2.29. The number of alkyl halides is 1. The minimum atomic E-state index is -0.161. The van der Waals surface area contributed by atoms with Gasteiger partial charge in [0.15, 0.2) is 0 Å². The molecular formula is C13H17ClFNS. The fraction of sp³-hybridized carbons (Fsp3) is 0.538. The van der Waals surface area contributed by atoms with E-state index in [0.717, 1.165) is 24.4 Å². The van der Waals surface area contributed by atoms with Crippen molar-refractivity contribution in [2.24, 2.45) is 0 Å². The number of halogens is 2. The first-order chi connectivity index (χ1) is 8.03. The van der Waals surface area contributed by atoms with E-state index in [1.54, 1.807) is 6.07 Å². The Morgan fingerprint density at radius 1 is 1.47 bits per heavy atom. The summed E-state index contributed by atoms with van der Waals surface area (Å²) in [6.07, 6.45) is 0. The lowest BCUT2D eigenvalue weighted by Crippen LogP contribution is -2.43. The molecular weight excluding hydrogens is 257 g/mol. The molecule has 2 rings (SSSR count). The molecule has 4 heteroatoms. The van der Waals surface area contributed by atoms with E-state index >= 15 is 0 Å². The van der Waals surface area contributed by atoms with Crippen molar-refractivity contribution in [1.29, 1.82) is 0 Å². The molecule has 0 saturated carbocycles. The van der Waals surface area contributed by atoms with Crippen LogP contribution in [0.25, 0.3) is 0 Å². The second-order valence-electron chi connectivity index (χ2n) is 4.91. The Kier molecular flexibility index (Phi) is 3.88. The van der Waals surface area contributed by atoms with Crippen LogP contribution in [0.15, 0.2) is 18.2 Å². The van der Waals surface area contributed by atoms with E-state index in [9.17, 15) is 4.39 Å². The van der Waals surface area contributed by atoms with Crippen molar-refractivity contribution < 1.29 is 4.39 Å². The number of para-hydroxylation sites is 1. The van der Waals surface area contributed by atoms with E-state index in [2.05, 4.69) is 18.7 Å². The smallest absolute Gasteiger partial charge is 0.146 e. The second-order valence-corrected chi connectivity index (χ2v) is 6.98. The third kappa shape index (κ3) is 2.89. The van der Waals surface area contributed by atoms with Crippen LogP contribution in [0.2, 0.25) is 0 Å². The predicted octanol–water partition coefficient (Wildman–Crippen LogP) is 3.90. The van der Waals surface area contributed by atoms with Gasteiger partial charge in [-0.05, 0) is 25.5 Å². The molecule has 0 aromatic heterocycles. The zero-order chi connectivity index (χ0) is 12.5. The number of rotatable bonds is 2. The fourth-order valence-electron chi connectivity index (χ4n) is 2.23.